The predicted octanol–water partition coefficient (Wildman–Crippen LogP) is 2.07. The third kappa shape index (κ3) is 3.84. The van der Waals surface area contributed by atoms with Crippen LogP contribution in [0.25, 0.3) is 0 Å². The van der Waals surface area contributed by atoms with Crippen molar-refractivity contribution in [1.82, 2.24) is 10.3 Å². The van der Waals surface area contributed by atoms with Gasteiger partial charge in [0, 0.05) is 19.0 Å². The maximum absolute atomic E-state index is 12.0. The summed E-state index contributed by atoms with van der Waals surface area (Å²) in [7, 11) is 0. The van der Waals surface area contributed by atoms with Gasteiger partial charge in [-0.3, -0.25) is 0 Å². The lowest BCUT2D eigenvalue weighted by Gasteiger charge is -2.02. The van der Waals surface area contributed by atoms with Crippen LogP contribution in [0.4, 0.5) is 13.2 Å². The Morgan fingerprint density at radius 3 is 2.81 bits per heavy atom. The van der Waals surface area contributed by atoms with Gasteiger partial charge in [0.25, 0.3) is 0 Å². The summed E-state index contributed by atoms with van der Waals surface area (Å²) in [5.41, 5.74) is 0. The first kappa shape index (κ1) is 11.4. The molecular formula is C10H13F3N2O. The molecule has 0 unspecified atom stereocenters. The van der Waals surface area contributed by atoms with E-state index in [0.29, 0.717) is 24.9 Å². The van der Waals surface area contributed by atoms with Crippen LogP contribution in [-0.2, 0) is 12.8 Å². The van der Waals surface area contributed by atoms with Gasteiger partial charge in [-0.1, -0.05) is 0 Å². The lowest BCUT2D eigenvalue weighted by atomic mass is 10.3. The topological polar surface area (TPSA) is 38.1 Å². The standard InChI is InChI=1S/C10H13F3N2O/c11-10(12,13)5-8-6-15-9(16-8)3-4-14-7-1-2-7/h6-7,14H,1-5H2. The van der Waals surface area contributed by atoms with Gasteiger partial charge in [-0.25, -0.2) is 4.98 Å². The molecule has 0 spiro atoms. The molecule has 0 aromatic carbocycles. The number of hydrogen-bond donors (Lipinski definition) is 1. The van der Waals surface area contributed by atoms with Crippen LogP contribution in [0.5, 0.6) is 0 Å². The molecule has 1 aromatic rings. The van der Waals surface area contributed by atoms with Gasteiger partial charge >= 0.3 is 6.18 Å². The molecule has 0 aliphatic heterocycles. The largest absolute Gasteiger partial charge is 0.445 e. The molecule has 1 aromatic heterocycles. The number of aromatic nitrogens is 1. The molecule has 1 aliphatic carbocycles. The Morgan fingerprint density at radius 2 is 2.19 bits per heavy atom. The second-order valence-electron chi connectivity index (χ2n) is 3.99. The smallest absolute Gasteiger partial charge is 0.396 e. The zero-order valence-electron chi connectivity index (χ0n) is 8.68. The van der Waals surface area contributed by atoms with Crippen molar-refractivity contribution in [1.29, 1.82) is 0 Å². The van der Waals surface area contributed by atoms with Crippen molar-refractivity contribution >= 4 is 0 Å². The summed E-state index contributed by atoms with van der Waals surface area (Å²) in [6.07, 6.45) is -1.22. The van der Waals surface area contributed by atoms with E-state index < -0.39 is 12.6 Å². The number of nitrogens with zero attached hydrogens (tertiary/aromatic N) is 1. The Balaban J connectivity index is 1.77. The molecule has 2 rings (SSSR count). The zero-order chi connectivity index (χ0) is 11.6. The molecule has 0 radical (unpaired) electrons. The van der Waals surface area contributed by atoms with E-state index in [-0.39, 0.29) is 5.76 Å². The van der Waals surface area contributed by atoms with Crippen molar-refractivity contribution < 1.29 is 17.6 Å². The molecule has 6 heteroatoms. The van der Waals surface area contributed by atoms with Gasteiger partial charge in [-0.2, -0.15) is 13.2 Å². The summed E-state index contributed by atoms with van der Waals surface area (Å²) in [6, 6.07) is 0.588. The monoisotopic (exact) mass is 234 g/mol. The van der Waals surface area contributed by atoms with Gasteiger partial charge in [-0.05, 0) is 12.8 Å². The van der Waals surface area contributed by atoms with Crippen LogP contribution in [0.1, 0.15) is 24.5 Å². The van der Waals surface area contributed by atoms with E-state index in [2.05, 4.69) is 10.3 Å². The normalized spacial score (nSPS) is 16.7. The fourth-order valence-corrected chi connectivity index (χ4v) is 1.41. The highest BCUT2D eigenvalue weighted by Gasteiger charge is 2.29. The fourth-order valence-electron chi connectivity index (χ4n) is 1.41. The van der Waals surface area contributed by atoms with Crippen LogP contribution in [-0.4, -0.2) is 23.7 Å². The molecule has 0 saturated heterocycles. The highest BCUT2D eigenvalue weighted by molar-refractivity contribution is 4.96. The van der Waals surface area contributed by atoms with Gasteiger partial charge in [-0.15, -0.1) is 0 Å². The fraction of sp³-hybridized carbons (Fsp3) is 0.700. The Hall–Kier alpha value is -1.04. The van der Waals surface area contributed by atoms with Crippen molar-refractivity contribution in [2.75, 3.05) is 6.54 Å². The van der Waals surface area contributed by atoms with Crippen LogP contribution in [0.15, 0.2) is 10.6 Å². The maximum Gasteiger partial charge on any atom is 0.396 e. The van der Waals surface area contributed by atoms with Crippen molar-refractivity contribution in [2.45, 2.75) is 37.9 Å². The van der Waals surface area contributed by atoms with Crippen LogP contribution >= 0.6 is 0 Å². The van der Waals surface area contributed by atoms with Crippen LogP contribution in [0.3, 0.4) is 0 Å². The number of oxazole rings is 1. The van der Waals surface area contributed by atoms with Gasteiger partial charge in [0.1, 0.15) is 12.2 Å². The second kappa shape index (κ2) is 4.45. The van der Waals surface area contributed by atoms with Gasteiger partial charge in [0.2, 0.25) is 0 Å². The molecule has 3 nitrogen and oxygen atoms in total. The Morgan fingerprint density at radius 1 is 1.44 bits per heavy atom. The SMILES string of the molecule is FC(F)(F)Cc1cnc(CCNC2CC2)o1. The maximum atomic E-state index is 12.0. The van der Waals surface area contributed by atoms with Crippen molar-refractivity contribution in [2.24, 2.45) is 0 Å². The summed E-state index contributed by atoms with van der Waals surface area (Å²) in [4.78, 5) is 3.81. The van der Waals surface area contributed by atoms with Gasteiger partial charge in [0.05, 0.1) is 6.20 Å². The first-order valence-electron chi connectivity index (χ1n) is 5.27. The van der Waals surface area contributed by atoms with Crippen LogP contribution in [0, 0.1) is 0 Å². The number of halogens is 3. The van der Waals surface area contributed by atoms with E-state index >= 15 is 0 Å². The summed E-state index contributed by atoms with van der Waals surface area (Å²) < 4.78 is 41.0. The van der Waals surface area contributed by atoms with E-state index in [1.807, 2.05) is 0 Å². The van der Waals surface area contributed by atoms with Crippen LogP contribution in [0.2, 0.25) is 0 Å². The summed E-state index contributed by atoms with van der Waals surface area (Å²) in [5.74, 6) is 0.251. The molecule has 1 fully saturated rings. The average Bonchev–Trinajstić information content (AvgIpc) is 2.86. The Labute approximate surface area is 91.0 Å². The molecule has 16 heavy (non-hydrogen) atoms. The molecule has 0 atom stereocenters. The van der Waals surface area contributed by atoms with E-state index in [0.717, 1.165) is 6.20 Å². The molecule has 0 bridgehead atoms. The minimum atomic E-state index is -4.23. The number of alkyl halides is 3. The molecular weight excluding hydrogens is 221 g/mol. The minimum Gasteiger partial charge on any atom is -0.445 e. The highest BCUT2D eigenvalue weighted by atomic mass is 19.4. The highest BCUT2D eigenvalue weighted by Crippen LogP contribution is 2.22. The second-order valence-corrected chi connectivity index (χ2v) is 3.99. The summed E-state index contributed by atoms with van der Waals surface area (Å²) >= 11 is 0. The number of rotatable bonds is 5. The van der Waals surface area contributed by atoms with E-state index in [9.17, 15) is 13.2 Å². The average molecular weight is 234 g/mol. The third-order valence-corrected chi connectivity index (χ3v) is 2.33. The Kier molecular flexibility index (Phi) is 3.18. The molecule has 1 heterocycles. The van der Waals surface area contributed by atoms with Crippen molar-refractivity contribution in [3.63, 3.8) is 0 Å². The third-order valence-electron chi connectivity index (χ3n) is 2.33. The van der Waals surface area contributed by atoms with E-state index in [4.69, 9.17) is 4.42 Å². The summed E-state index contributed by atoms with van der Waals surface area (Å²) in [6.45, 7) is 0.705. The Bertz CT molecular complexity index is 344. The quantitative estimate of drug-likeness (QED) is 0.847. The van der Waals surface area contributed by atoms with Crippen molar-refractivity contribution in [3.05, 3.63) is 17.8 Å². The van der Waals surface area contributed by atoms with Crippen molar-refractivity contribution in [3.8, 4) is 0 Å². The molecule has 90 valence electrons. The summed E-state index contributed by atoms with van der Waals surface area (Å²) in [5, 5.41) is 3.24. The molecule has 1 aliphatic rings. The minimum absolute atomic E-state index is 0.117. The predicted molar refractivity (Wildman–Crippen MR) is 51.0 cm³/mol. The van der Waals surface area contributed by atoms with E-state index in [1.54, 1.807) is 0 Å². The molecule has 1 saturated carbocycles. The molecule has 1 N–H and O–H groups in total. The van der Waals surface area contributed by atoms with Gasteiger partial charge in [0.15, 0.2) is 5.89 Å². The first-order chi connectivity index (χ1) is 7.53. The number of nitrogens with one attached hydrogen (secondary N) is 1. The number of hydrogen-bond acceptors (Lipinski definition) is 3. The van der Waals surface area contributed by atoms with E-state index in [1.165, 1.54) is 12.8 Å². The van der Waals surface area contributed by atoms with Gasteiger partial charge < -0.3 is 9.73 Å². The van der Waals surface area contributed by atoms with Crippen LogP contribution < -0.4 is 5.32 Å². The lowest BCUT2D eigenvalue weighted by Crippen LogP contribution is -2.19. The lowest BCUT2D eigenvalue weighted by molar-refractivity contribution is -0.130. The molecule has 0 amide bonds. The zero-order valence-corrected chi connectivity index (χ0v) is 8.68. The first-order valence-corrected chi connectivity index (χ1v) is 5.27.